The van der Waals surface area contributed by atoms with Gasteiger partial charge in [-0.3, -0.25) is 0 Å². The molecule has 0 unspecified atom stereocenters. The topological polar surface area (TPSA) is 67.4 Å². The molecule has 6 heteroatoms. The Kier molecular flexibility index (Phi) is 5.14. The lowest BCUT2D eigenvalue weighted by Crippen LogP contribution is -1.99. The lowest BCUT2D eigenvalue weighted by Gasteiger charge is -2.12. The third-order valence-electron chi connectivity index (χ3n) is 6.80. The molecule has 0 saturated heterocycles. The van der Waals surface area contributed by atoms with Crippen molar-refractivity contribution >= 4 is 44.2 Å². The Balaban J connectivity index is 1.63. The minimum Gasteiger partial charge on any atom is -0.309 e. The molecule has 2 aromatic heterocycles. The third-order valence-corrected chi connectivity index (χ3v) is 6.97. The van der Waals surface area contributed by atoms with Crippen molar-refractivity contribution in [2.24, 2.45) is 0 Å². The van der Waals surface area contributed by atoms with E-state index < -0.39 is 0 Å². The molecule has 5 aromatic carbocycles. The second kappa shape index (κ2) is 8.81. The molecule has 0 spiro atoms. The summed E-state index contributed by atoms with van der Waals surface area (Å²) in [5.41, 5.74) is 5.38. The first-order valence-electron chi connectivity index (χ1n) is 12.1. The van der Waals surface area contributed by atoms with Crippen molar-refractivity contribution in [1.82, 2.24) is 19.5 Å². The van der Waals surface area contributed by atoms with E-state index in [1.807, 2.05) is 78.9 Å². The average molecular weight is 508 g/mol. The summed E-state index contributed by atoms with van der Waals surface area (Å²) >= 11 is 6.45. The quantitative estimate of drug-likeness (QED) is 0.243. The number of nitrogens with zero attached hydrogens (tertiary/aromatic N) is 5. The first kappa shape index (κ1) is 22.2. The lowest BCUT2D eigenvalue weighted by atomic mass is 9.98. The molecule has 2 heterocycles. The van der Waals surface area contributed by atoms with Crippen molar-refractivity contribution in [1.29, 1.82) is 5.26 Å². The summed E-state index contributed by atoms with van der Waals surface area (Å²) in [7, 11) is 0. The number of para-hydroxylation sites is 1. The Morgan fingerprint density at radius 2 is 1.32 bits per heavy atom. The number of aromatic nitrogens is 4. The molecule has 0 N–H and O–H groups in total. The van der Waals surface area contributed by atoms with Crippen LogP contribution in [0.3, 0.4) is 0 Å². The number of nitriles is 1. The van der Waals surface area contributed by atoms with Gasteiger partial charge in [-0.15, -0.1) is 0 Å². The van der Waals surface area contributed by atoms with E-state index in [0.29, 0.717) is 17.2 Å². The van der Waals surface area contributed by atoms with Gasteiger partial charge in [-0.25, -0.2) is 4.98 Å². The highest BCUT2D eigenvalue weighted by Crippen LogP contribution is 2.41. The summed E-state index contributed by atoms with van der Waals surface area (Å²) in [6.07, 6.45) is 0. The molecule has 178 valence electrons. The summed E-state index contributed by atoms with van der Waals surface area (Å²) in [6, 6.07) is 38.5. The normalized spacial score (nSPS) is 11.3. The van der Waals surface area contributed by atoms with Crippen LogP contribution in [-0.4, -0.2) is 19.5 Å². The molecule has 0 aliphatic heterocycles. The van der Waals surface area contributed by atoms with Gasteiger partial charge in [0.05, 0.1) is 22.7 Å². The summed E-state index contributed by atoms with van der Waals surface area (Å²) < 4.78 is 2.22. The summed E-state index contributed by atoms with van der Waals surface area (Å²) in [5, 5.41) is 13.9. The van der Waals surface area contributed by atoms with Gasteiger partial charge in [0.15, 0.2) is 11.6 Å². The highest BCUT2D eigenvalue weighted by atomic mass is 35.5. The van der Waals surface area contributed by atoms with Crippen LogP contribution in [-0.2, 0) is 0 Å². The minimum absolute atomic E-state index is 0.139. The van der Waals surface area contributed by atoms with Crippen LogP contribution < -0.4 is 0 Å². The standard InChI is InChI=1S/C32H18ClN5/c33-32-36-30(21-9-3-1-4-10-21)35-31(37-32)25-18-28-29(24-14-8-7-13-23(24)25)26-17-20(19-34)15-16-27(26)38(28)22-11-5-2-6-12-22/h1-18H. The molecule has 0 aliphatic rings. The minimum atomic E-state index is 0.139. The Morgan fingerprint density at radius 1 is 0.632 bits per heavy atom. The number of hydrogen-bond acceptors (Lipinski definition) is 4. The zero-order valence-corrected chi connectivity index (χ0v) is 20.8. The zero-order chi connectivity index (χ0) is 25.6. The zero-order valence-electron chi connectivity index (χ0n) is 20.0. The van der Waals surface area contributed by atoms with E-state index in [-0.39, 0.29) is 5.28 Å². The van der Waals surface area contributed by atoms with Gasteiger partial charge in [0.25, 0.3) is 0 Å². The van der Waals surface area contributed by atoms with Crippen molar-refractivity contribution in [2.45, 2.75) is 0 Å². The highest BCUT2D eigenvalue weighted by molar-refractivity contribution is 6.28. The van der Waals surface area contributed by atoms with E-state index in [2.05, 4.69) is 50.9 Å². The van der Waals surface area contributed by atoms with Gasteiger partial charge in [-0.1, -0.05) is 72.8 Å². The van der Waals surface area contributed by atoms with Gasteiger partial charge in [-0.05, 0) is 58.8 Å². The Bertz CT molecular complexity index is 2040. The highest BCUT2D eigenvalue weighted by Gasteiger charge is 2.20. The van der Waals surface area contributed by atoms with E-state index >= 15 is 0 Å². The molecule has 7 rings (SSSR count). The monoisotopic (exact) mass is 507 g/mol. The molecule has 0 fully saturated rings. The molecular weight excluding hydrogens is 490 g/mol. The van der Waals surface area contributed by atoms with Crippen LogP contribution in [0.4, 0.5) is 0 Å². The van der Waals surface area contributed by atoms with E-state index in [0.717, 1.165) is 49.4 Å². The Hall–Kier alpha value is -5.05. The molecular formula is C32H18ClN5. The molecule has 0 atom stereocenters. The van der Waals surface area contributed by atoms with Crippen LogP contribution in [0.25, 0.3) is 61.0 Å². The SMILES string of the molecule is N#Cc1ccc2c(c1)c1c3ccccc3c(-c3nc(Cl)nc(-c4ccccc4)n3)cc1n2-c1ccccc1. The van der Waals surface area contributed by atoms with Crippen molar-refractivity contribution in [3.63, 3.8) is 0 Å². The number of hydrogen-bond donors (Lipinski definition) is 0. The van der Waals surface area contributed by atoms with Crippen molar-refractivity contribution < 1.29 is 0 Å². The van der Waals surface area contributed by atoms with Gasteiger partial charge in [0.1, 0.15) is 0 Å². The van der Waals surface area contributed by atoms with Crippen LogP contribution in [0.5, 0.6) is 0 Å². The Morgan fingerprint density at radius 3 is 2.08 bits per heavy atom. The number of fused-ring (bicyclic) bond motifs is 5. The van der Waals surface area contributed by atoms with Crippen molar-refractivity contribution in [3.05, 3.63) is 120 Å². The fourth-order valence-corrected chi connectivity index (χ4v) is 5.34. The molecule has 0 aliphatic carbocycles. The largest absolute Gasteiger partial charge is 0.309 e. The number of benzene rings is 5. The second-order valence-corrected chi connectivity index (χ2v) is 9.33. The average Bonchev–Trinajstić information content (AvgIpc) is 3.31. The third kappa shape index (κ3) is 3.51. The number of rotatable bonds is 3. The fraction of sp³-hybridized carbons (Fsp3) is 0. The maximum Gasteiger partial charge on any atom is 0.226 e. The van der Waals surface area contributed by atoms with Crippen LogP contribution in [0.15, 0.2) is 109 Å². The lowest BCUT2D eigenvalue weighted by molar-refractivity contribution is 1.07. The van der Waals surface area contributed by atoms with Crippen molar-refractivity contribution in [2.75, 3.05) is 0 Å². The molecule has 38 heavy (non-hydrogen) atoms. The van der Waals surface area contributed by atoms with Crippen LogP contribution in [0.2, 0.25) is 5.28 Å². The van der Waals surface area contributed by atoms with Gasteiger partial charge >= 0.3 is 0 Å². The van der Waals surface area contributed by atoms with Crippen molar-refractivity contribution in [3.8, 4) is 34.5 Å². The number of halogens is 1. The molecule has 5 nitrogen and oxygen atoms in total. The van der Waals surface area contributed by atoms with E-state index in [9.17, 15) is 5.26 Å². The summed E-state index contributed by atoms with van der Waals surface area (Å²) in [6.45, 7) is 0. The maximum absolute atomic E-state index is 9.65. The van der Waals surface area contributed by atoms with E-state index in [1.54, 1.807) is 0 Å². The molecule has 0 amide bonds. The smallest absolute Gasteiger partial charge is 0.226 e. The fourth-order valence-electron chi connectivity index (χ4n) is 5.18. The van der Waals surface area contributed by atoms with Crippen LogP contribution in [0.1, 0.15) is 5.56 Å². The van der Waals surface area contributed by atoms with Crippen LogP contribution in [0, 0.1) is 11.3 Å². The second-order valence-electron chi connectivity index (χ2n) is 9.00. The predicted molar refractivity (Wildman–Crippen MR) is 152 cm³/mol. The van der Waals surface area contributed by atoms with Crippen LogP contribution >= 0.6 is 11.6 Å². The van der Waals surface area contributed by atoms with E-state index in [1.165, 1.54) is 0 Å². The summed E-state index contributed by atoms with van der Waals surface area (Å²) in [4.78, 5) is 13.8. The van der Waals surface area contributed by atoms with Gasteiger partial charge in [-0.2, -0.15) is 15.2 Å². The van der Waals surface area contributed by atoms with Gasteiger partial charge < -0.3 is 4.57 Å². The Labute approximate surface area is 223 Å². The molecule has 7 aromatic rings. The predicted octanol–water partition coefficient (Wildman–Crippen LogP) is 7.98. The first-order valence-corrected chi connectivity index (χ1v) is 12.5. The van der Waals surface area contributed by atoms with E-state index in [4.69, 9.17) is 16.6 Å². The molecule has 0 saturated carbocycles. The van der Waals surface area contributed by atoms with Gasteiger partial charge in [0.2, 0.25) is 5.28 Å². The first-order chi connectivity index (χ1) is 18.7. The molecule has 0 radical (unpaired) electrons. The maximum atomic E-state index is 9.65. The summed E-state index contributed by atoms with van der Waals surface area (Å²) in [5.74, 6) is 1.02. The molecule has 0 bridgehead atoms. The van der Waals surface area contributed by atoms with Gasteiger partial charge in [0, 0.05) is 27.6 Å².